The Balaban J connectivity index is 2.28. The molecule has 8 nitrogen and oxygen atoms in total. The van der Waals surface area contributed by atoms with Gasteiger partial charge in [-0.3, -0.25) is 14.5 Å². The number of amides is 2. The number of likely N-dealkylation sites (N-methyl/N-ethyl adjacent to an activating group) is 1. The van der Waals surface area contributed by atoms with E-state index in [0.29, 0.717) is 18.8 Å². The molecule has 1 aliphatic heterocycles. The molecule has 1 saturated heterocycles. The maximum atomic E-state index is 12.8. The molecule has 1 aromatic carbocycles. The number of nitrogens with zero attached hydrogens (tertiary/aromatic N) is 2. The summed E-state index contributed by atoms with van der Waals surface area (Å²) in [6.45, 7) is -2.46. The molecule has 0 spiro atoms. The molecule has 2 amide bonds. The fourth-order valence-corrected chi connectivity index (χ4v) is 2.54. The zero-order valence-electron chi connectivity index (χ0n) is 14.6. The molecule has 0 radical (unpaired) electrons. The maximum Gasteiger partial charge on any atom is 0.387 e. The van der Waals surface area contributed by atoms with Gasteiger partial charge in [-0.15, -0.1) is 0 Å². The Morgan fingerprint density at radius 1 is 1.46 bits per heavy atom. The van der Waals surface area contributed by atoms with Crippen LogP contribution in [0.1, 0.15) is 0 Å². The minimum absolute atomic E-state index is 0.0598. The number of benzene rings is 1. The number of carbonyl (C=O) groups is 2. The van der Waals surface area contributed by atoms with Crippen LogP contribution in [0.2, 0.25) is 0 Å². The molecule has 1 fully saturated rings. The summed E-state index contributed by atoms with van der Waals surface area (Å²) >= 11 is 0. The van der Waals surface area contributed by atoms with E-state index in [-0.39, 0.29) is 30.5 Å². The maximum absolute atomic E-state index is 12.8. The van der Waals surface area contributed by atoms with Gasteiger partial charge >= 0.3 is 6.61 Å². The second-order valence-electron chi connectivity index (χ2n) is 5.86. The van der Waals surface area contributed by atoms with Crippen molar-refractivity contribution in [2.45, 2.75) is 12.7 Å². The van der Waals surface area contributed by atoms with Crippen LogP contribution in [0.15, 0.2) is 18.2 Å². The van der Waals surface area contributed by atoms with Gasteiger partial charge in [0.25, 0.3) is 5.91 Å². The highest BCUT2D eigenvalue weighted by Crippen LogP contribution is 2.32. The molecule has 1 heterocycles. The number of anilines is 2. The molecular formula is C16H22F2N4O4. The molecule has 1 atom stereocenters. The van der Waals surface area contributed by atoms with Crippen LogP contribution in [0.4, 0.5) is 20.2 Å². The predicted molar refractivity (Wildman–Crippen MR) is 91.4 cm³/mol. The van der Waals surface area contributed by atoms with Crippen LogP contribution >= 0.6 is 0 Å². The lowest BCUT2D eigenvalue weighted by Crippen LogP contribution is -2.45. The lowest BCUT2D eigenvalue weighted by Gasteiger charge is -2.28. The normalized spacial score (nSPS) is 16.1. The van der Waals surface area contributed by atoms with Crippen LogP contribution in [0.5, 0.6) is 5.75 Å². The summed E-state index contributed by atoms with van der Waals surface area (Å²) in [6, 6.07) is 3.62. The minimum atomic E-state index is -3.08. The summed E-state index contributed by atoms with van der Waals surface area (Å²) in [6.07, 6.45) is 0. The quantitative estimate of drug-likeness (QED) is 0.723. The SMILES string of the molecule is CN(C)[C@@H](CN)C(=O)Nc1ccc(N2CCOCC2=O)cc1OC(F)F. The Morgan fingerprint density at radius 3 is 2.77 bits per heavy atom. The highest BCUT2D eigenvalue weighted by molar-refractivity contribution is 5.98. The monoisotopic (exact) mass is 372 g/mol. The zero-order valence-corrected chi connectivity index (χ0v) is 14.6. The Morgan fingerprint density at radius 2 is 2.19 bits per heavy atom. The van der Waals surface area contributed by atoms with Crippen molar-refractivity contribution < 1.29 is 27.8 Å². The molecule has 2 rings (SSSR count). The minimum Gasteiger partial charge on any atom is -0.433 e. The fourth-order valence-electron chi connectivity index (χ4n) is 2.54. The molecule has 0 aromatic heterocycles. The lowest BCUT2D eigenvalue weighted by atomic mass is 10.2. The highest BCUT2D eigenvalue weighted by atomic mass is 19.3. The third-order valence-electron chi connectivity index (χ3n) is 3.89. The Bertz CT molecular complexity index is 657. The summed E-state index contributed by atoms with van der Waals surface area (Å²) in [4.78, 5) is 27.2. The molecule has 10 heteroatoms. The van der Waals surface area contributed by atoms with E-state index in [9.17, 15) is 18.4 Å². The topological polar surface area (TPSA) is 97.1 Å². The third kappa shape index (κ3) is 4.87. The van der Waals surface area contributed by atoms with Crippen LogP contribution in [0.25, 0.3) is 0 Å². The molecule has 0 saturated carbocycles. The molecule has 0 unspecified atom stereocenters. The van der Waals surface area contributed by atoms with Crippen molar-refractivity contribution in [3.63, 3.8) is 0 Å². The van der Waals surface area contributed by atoms with Crippen LogP contribution < -0.4 is 20.7 Å². The number of hydrogen-bond acceptors (Lipinski definition) is 6. The summed E-state index contributed by atoms with van der Waals surface area (Å²) in [5.41, 5.74) is 6.03. The van der Waals surface area contributed by atoms with E-state index in [0.717, 1.165) is 0 Å². The molecule has 0 aliphatic carbocycles. The second-order valence-corrected chi connectivity index (χ2v) is 5.86. The van der Waals surface area contributed by atoms with Gasteiger partial charge in [-0.25, -0.2) is 0 Å². The second kappa shape index (κ2) is 8.88. The van der Waals surface area contributed by atoms with E-state index < -0.39 is 18.6 Å². The van der Waals surface area contributed by atoms with Crippen molar-refractivity contribution in [1.82, 2.24) is 4.90 Å². The third-order valence-corrected chi connectivity index (χ3v) is 3.89. The molecule has 144 valence electrons. The Kier molecular flexibility index (Phi) is 6.83. The molecule has 3 N–H and O–H groups in total. The molecule has 0 bridgehead atoms. The van der Waals surface area contributed by atoms with Gasteiger partial charge in [-0.1, -0.05) is 0 Å². The Labute approximate surface area is 149 Å². The molecule has 1 aromatic rings. The van der Waals surface area contributed by atoms with E-state index in [2.05, 4.69) is 10.1 Å². The number of ether oxygens (including phenoxy) is 2. The first kappa shape index (κ1) is 20.0. The number of nitrogens with two attached hydrogens (primary N) is 1. The van der Waals surface area contributed by atoms with Crippen molar-refractivity contribution in [2.75, 3.05) is 50.6 Å². The first-order valence-electron chi connectivity index (χ1n) is 7.97. The number of alkyl halides is 2. The standard InChI is InChI=1S/C16H22F2N4O4/c1-21(2)12(8-19)15(24)20-11-4-3-10(7-13(11)26-16(17)18)22-5-6-25-9-14(22)23/h3-4,7,12,16H,5-6,8-9,19H2,1-2H3,(H,20,24)/t12-/m0/s1. The largest absolute Gasteiger partial charge is 0.433 e. The Hall–Kier alpha value is -2.30. The average Bonchev–Trinajstić information content (AvgIpc) is 2.56. The average molecular weight is 372 g/mol. The number of nitrogens with one attached hydrogen (secondary N) is 1. The number of morpholine rings is 1. The molecule has 1 aliphatic rings. The van der Waals surface area contributed by atoms with Gasteiger partial charge in [0.05, 0.1) is 12.3 Å². The molecular weight excluding hydrogens is 350 g/mol. The highest BCUT2D eigenvalue weighted by Gasteiger charge is 2.24. The van der Waals surface area contributed by atoms with Gasteiger partial charge in [0, 0.05) is 24.8 Å². The summed E-state index contributed by atoms with van der Waals surface area (Å²) in [5, 5.41) is 2.54. The van der Waals surface area contributed by atoms with E-state index in [1.165, 1.54) is 17.0 Å². The van der Waals surface area contributed by atoms with Gasteiger partial charge in [0.1, 0.15) is 12.6 Å². The summed E-state index contributed by atoms with van der Waals surface area (Å²) in [5.74, 6) is -0.974. The van der Waals surface area contributed by atoms with Gasteiger partial charge in [0.2, 0.25) is 5.91 Å². The zero-order chi connectivity index (χ0) is 19.3. The number of carbonyl (C=O) groups excluding carboxylic acids is 2. The molecule has 26 heavy (non-hydrogen) atoms. The van der Waals surface area contributed by atoms with Gasteiger partial charge < -0.3 is 25.4 Å². The van der Waals surface area contributed by atoms with E-state index in [4.69, 9.17) is 10.5 Å². The predicted octanol–water partition coefficient (Wildman–Crippen LogP) is 0.479. The van der Waals surface area contributed by atoms with Crippen molar-refractivity contribution in [2.24, 2.45) is 5.73 Å². The van der Waals surface area contributed by atoms with Crippen molar-refractivity contribution in [1.29, 1.82) is 0 Å². The summed E-state index contributed by atoms with van der Waals surface area (Å²) in [7, 11) is 3.36. The number of hydrogen-bond donors (Lipinski definition) is 2. The van der Waals surface area contributed by atoms with Crippen molar-refractivity contribution in [3.05, 3.63) is 18.2 Å². The van der Waals surface area contributed by atoms with E-state index in [1.54, 1.807) is 25.1 Å². The van der Waals surface area contributed by atoms with Crippen LogP contribution in [0, 0.1) is 0 Å². The fraction of sp³-hybridized carbons (Fsp3) is 0.500. The van der Waals surface area contributed by atoms with E-state index in [1.807, 2.05) is 0 Å². The van der Waals surface area contributed by atoms with Crippen LogP contribution in [-0.4, -0.2) is 69.8 Å². The first-order valence-corrected chi connectivity index (χ1v) is 7.97. The van der Waals surface area contributed by atoms with Crippen molar-refractivity contribution in [3.8, 4) is 5.75 Å². The van der Waals surface area contributed by atoms with Gasteiger partial charge in [0.15, 0.2) is 5.75 Å². The van der Waals surface area contributed by atoms with Crippen molar-refractivity contribution >= 4 is 23.2 Å². The van der Waals surface area contributed by atoms with E-state index >= 15 is 0 Å². The van der Waals surface area contributed by atoms with Gasteiger partial charge in [-0.2, -0.15) is 8.78 Å². The summed E-state index contributed by atoms with van der Waals surface area (Å²) < 4.78 is 35.1. The lowest BCUT2D eigenvalue weighted by molar-refractivity contribution is -0.125. The smallest absolute Gasteiger partial charge is 0.387 e. The number of halogens is 2. The first-order chi connectivity index (χ1) is 12.3. The van der Waals surface area contributed by atoms with Gasteiger partial charge in [-0.05, 0) is 26.2 Å². The van der Waals surface area contributed by atoms with Crippen LogP contribution in [0.3, 0.4) is 0 Å². The number of rotatable bonds is 7. The van der Waals surface area contributed by atoms with Crippen LogP contribution in [-0.2, 0) is 14.3 Å².